The smallest absolute Gasteiger partial charge is 0.0326 e. The molecule has 2 heteroatoms. The average molecular weight is 244 g/mol. The van der Waals surface area contributed by atoms with Gasteiger partial charge in [0.2, 0.25) is 0 Å². The fraction of sp³-hybridized carbons (Fsp3) is 0.625. The molecule has 1 aromatic carbocycles. The third kappa shape index (κ3) is 2.26. The van der Waals surface area contributed by atoms with E-state index in [-0.39, 0.29) is 0 Å². The van der Waals surface area contributed by atoms with E-state index in [0.29, 0.717) is 6.04 Å². The maximum atomic E-state index is 5.85. The van der Waals surface area contributed by atoms with Crippen LogP contribution in [0, 0.1) is 11.8 Å². The van der Waals surface area contributed by atoms with Gasteiger partial charge in [-0.05, 0) is 60.9 Å². The Morgan fingerprint density at radius 2 is 2.17 bits per heavy atom. The first-order valence-corrected chi connectivity index (χ1v) is 7.35. The highest BCUT2D eigenvalue weighted by Crippen LogP contribution is 2.34. The molecule has 3 unspecified atom stereocenters. The number of benzene rings is 1. The van der Waals surface area contributed by atoms with Crippen molar-refractivity contribution in [3.63, 3.8) is 0 Å². The Morgan fingerprint density at radius 3 is 2.94 bits per heavy atom. The number of nitrogen functional groups attached to an aromatic ring is 1. The average Bonchev–Trinajstić information content (AvgIpc) is 2.93. The number of nitrogens with two attached hydrogens (primary N) is 1. The summed E-state index contributed by atoms with van der Waals surface area (Å²) in [6.07, 6.45) is 6.67. The number of anilines is 1. The van der Waals surface area contributed by atoms with Crippen LogP contribution in [0.25, 0.3) is 0 Å². The van der Waals surface area contributed by atoms with Crippen molar-refractivity contribution in [3.05, 3.63) is 29.3 Å². The standard InChI is InChI=1S/C16H24N2/c1-11-3-2-4-13(11)10-18-16-8-5-12-9-14(17)6-7-15(12)16/h6-7,9,11,13,16,18H,2-5,8,10,17H2,1H3. The molecule has 98 valence electrons. The van der Waals surface area contributed by atoms with Crippen molar-refractivity contribution in [2.75, 3.05) is 12.3 Å². The third-order valence-corrected chi connectivity index (χ3v) is 4.91. The number of aryl methyl sites for hydroxylation is 1. The Labute approximate surface area is 110 Å². The molecule has 18 heavy (non-hydrogen) atoms. The maximum Gasteiger partial charge on any atom is 0.0326 e. The zero-order valence-corrected chi connectivity index (χ0v) is 11.3. The molecule has 0 spiro atoms. The Kier molecular flexibility index (Phi) is 3.29. The highest BCUT2D eigenvalue weighted by molar-refractivity contribution is 5.47. The van der Waals surface area contributed by atoms with Crippen LogP contribution in [0.5, 0.6) is 0 Å². The fourth-order valence-electron chi connectivity index (χ4n) is 3.67. The number of hydrogen-bond acceptors (Lipinski definition) is 2. The zero-order chi connectivity index (χ0) is 12.5. The van der Waals surface area contributed by atoms with Crippen molar-refractivity contribution in [2.24, 2.45) is 11.8 Å². The van der Waals surface area contributed by atoms with Crippen LogP contribution in [0.15, 0.2) is 18.2 Å². The Morgan fingerprint density at radius 1 is 1.28 bits per heavy atom. The molecule has 1 fully saturated rings. The van der Waals surface area contributed by atoms with Gasteiger partial charge in [0.25, 0.3) is 0 Å². The van der Waals surface area contributed by atoms with Crippen molar-refractivity contribution < 1.29 is 0 Å². The topological polar surface area (TPSA) is 38.0 Å². The van der Waals surface area contributed by atoms with Gasteiger partial charge in [-0.2, -0.15) is 0 Å². The van der Waals surface area contributed by atoms with Gasteiger partial charge in [-0.25, -0.2) is 0 Å². The molecule has 0 heterocycles. The van der Waals surface area contributed by atoms with E-state index in [2.05, 4.69) is 24.4 Å². The minimum atomic E-state index is 0.563. The van der Waals surface area contributed by atoms with Crippen LogP contribution in [0.2, 0.25) is 0 Å². The van der Waals surface area contributed by atoms with Gasteiger partial charge >= 0.3 is 0 Å². The summed E-state index contributed by atoms with van der Waals surface area (Å²) < 4.78 is 0. The number of hydrogen-bond donors (Lipinski definition) is 2. The summed E-state index contributed by atoms with van der Waals surface area (Å²) >= 11 is 0. The zero-order valence-electron chi connectivity index (χ0n) is 11.3. The minimum absolute atomic E-state index is 0.563. The molecule has 0 radical (unpaired) electrons. The predicted octanol–water partition coefficient (Wildman–Crippen LogP) is 3.28. The summed E-state index contributed by atoms with van der Waals surface area (Å²) in [5, 5.41) is 3.79. The normalized spacial score (nSPS) is 30.6. The van der Waals surface area contributed by atoms with Gasteiger partial charge in [0, 0.05) is 11.7 Å². The van der Waals surface area contributed by atoms with Gasteiger partial charge in [0.05, 0.1) is 0 Å². The SMILES string of the molecule is CC1CCCC1CNC1CCc2cc(N)ccc21. The molecular formula is C16H24N2. The molecule has 2 aliphatic rings. The second kappa shape index (κ2) is 4.93. The van der Waals surface area contributed by atoms with Crippen LogP contribution >= 0.6 is 0 Å². The van der Waals surface area contributed by atoms with Crippen LogP contribution in [-0.4, -0.2) is 6.54 Å². The summed E-state index contributed by atoms with van der Waals surface area (Å²) in [4.78, 5) is 0. The van der Waals surface area contributed by atoms with Gasteiger partial charge in [-0.15, -0.1) is 0 Å². The molecule has 0 aromatic heterocycles. The lowest BCUT2D eigenvalue weighted by Gasteiger charge is -2.20. The molecule has 1 aromatic rings. The molecule has 2 aliphatic carbocycles. The van der Waals surface area contributed by atoms with Crippen LogP contribution in [-0.2, 0) is 6.42 Å². The lowest BCUT2D eigenvalue weighted by Crippen LogP contribution is -2.27. The van der Waals surface area contributed by atoms with E-state index in [1.807, 2.05) is 6.07 Å². The Bertz CT molecular complexity index is 427. The van der Waals surface area contributed by atoms with Crippen LogP contribution in [0.3, 0.4) is 0 Å². The minimum Gasteiger partial charge on any atom is -0.399 e. The van der Waals surface area contributed by atoms with Crippen LogP contribution in [0.4, 0.5) is 5.69 Å². The molecule has 0 saturated heterocycles. The second-order valence-electron chi connectivity index (χ2n) is 6.13. The highest BCUT2D eigenvalue weighted by atomic mass is 14.9. The van der Waals surface area contributed by atoms with E-state index in [0.717, 1.165) is 17.5 Å². The number of rotatable bonds is 3. The summed E-state index contributed by atoms with van der Waals surface area (Å²) in [5.41, 5.74) is 9.68. The number of fused-ring (bicyclic) bond motifs is 1. The molecule has 1 saturated carbocycles. The molecule has 3 N–H and O–H groups in total. The molecule has 0 aliphatic heterocycles. The molecule has 3 atom stereocenters. The van der Waals surface area contributed by atoms with Crippen molar-refractivity contribution >= 4 is 5.69 Å². The van der Waals surface area contributed by atoms with E-state index >= 15 is 0 Å². The van der Waals surface area contributed by atoms with Gasteiger partial charge in [0.1, 0.15) is 0 Å². The van der Waals surface area contributed by atoms with E-state index < -0.39 is 0 Å². The van der Waals surface area contributed by atoms with Crippen molar-refractivity contribution in [2.45, 2.75) is 45.1 Å². The van der Waals surface area contributed by atoms with Gasteiger partial charge in [0.15, 0.2) is 0 Å². The summed E-state index contributed by atoms with van der Waals surface area (Å²) in [6, 6.07) is 6.97. The molecule has 0 bridgehead atoms. The third-order valence-electron chi connectivity index (χ3n) is 4.91. The fourth-order valence-corrected chi connectivity index (χ4v) is 3.67. The quantitative estimate of drug-likeness (QED) is 0.801. The summed E-state index contributed by atoms with van der Waals surface area (Å²) in [7, 11) is 0. The van der Waals surface area contributed by atoms with Gasteiger partial charge in [-0.3, -0.25) is 0 Å². The second-order valence-corrected chi connectivity index (χ2v) is 6.13. The van der Waals surface area contributed by atoms with Gasteiger partial charge in [-0.1, -0.05) is 25.8 Å². The molecule has 0 amide bonds. The van der Waals surface area contributed by atoms with Crippen molar-refractivity contribution in [1.82, 2.24) is 5.32 Å². The van der Waals surface area contributed by atoms with E-state index in [4.69, 9.17) is 5.73 Å². The van der Waals surface area contributed by atoms with Crippen LogP contribution in [0.1, 0.15) is 49.8 Å². The number of nitrogens with one attached hydrogen (secondary N) is 1. The molecule has 2 nitrogen and oxygen atoms in total. The van der Waals surface area contributed by atoms with E-state index in [1.165, 1.54) is 49.8 Å². The highest BCUT2D eigenvalue weighted by Gasteiger charge is 2.26. The van der Waals surface area contributed by atoms with E-state index in [1.54, 1.807) is 0 Å². The first kappa shape index (κ1) is 12.0. The van der Waals surface area contributed by atoms with Crippen molar-refractivity contribution in [3.8, 4) is 0 Å². The lowest BCUT2D eigenvalue weighted by atomic mass is 9.97. The predicted molar refractivity (Wildman–Crippen MR) is 76.4 cm³/mol. The van der Waals surface area contributed by atoms with Crippen LogP contribution < -0.4 is 11.1 Å². The maximum absolute atomic E-state index is 5.85. The summed E-state index contributed by atoms with van der Waals surface area (Å²) in [5.74, 6) is 1.80. The first-order chi connectivity index (χ1) is 8.74. The summed E-state index contributed by atoms with van der Waals surface area (Å²) in [6.45, 7) is 3.60. The Balaban J connectivity index is 1.62. The van der Waals surface area contributed by atoms with Gasteiger partial charge < -0.3 is 11.1 Å². The Hall–Kier alpha value is -1.02. The van der Waals surface area contributed by atoms with Crippen molar-refractivity contribution in [1.29, 1.82) is 0 Å². The first-order valence-electron chi connectivity index (χ1n) is 7.35. The van der Waals surface area contributed by atoms with E-state index in [9.17, 15) is 0 Å². The monoisotopic (exact) mass is 244 g/mol. The lowest BCUT2D eigenvalue weighted by molar-refractivity contribution is 0.367. The molecular weight excluding hydrogens is 220 g/mol. The largest absolute Gasteiger partial charge is 0.399 e. The molecule has 3 rings (SSSR count).